The molecular weight excluding hydrogens is 164 g/mol. The highest BCUT2D eigenvalue weighted by Crippen LogP contribution is 2.00. The van der Waals surface area contributed by atoms with Gasteiger partial charge in [0.05, 0.1) is 6.04 Å². The van der Waals surface area contributed by atoms with Crippen molar-refractivity contribution in [2.24, 2.45) is 0 Å². The van der Waals surface area contributed by atoms with Gasteiger partial charge in [-0.25, -0.2) is 0 Å². The Bertz CT molecular complexity index is 137. The second-order valence-corrected chi connectivity index (χ2v) is 3.30. The van der Waals surface area contributed by atoms with Gasteiger partial charge in [-0.1, -0.05) is 13.3 Å². The lowest BCUT2D eigenvalue weighted by Crippen LogP contribution is -2.32. The smallest absolute Gasteiger partial charge is 0.146 e. The minimum absolute atomic E-state index is 0.0571. The monoisotopic (exact) mass is 186 g/mol. The molecule has 3 nitrogen and oxygen atoms in total. The van der Waals surface area contributed by atoms with Gasteiger partial charge in [0.2, 0.25) is 0 Å². The molecule has 0 spiro atoms. The van der Waals surface area contributed by atoms with E-state index in [1.807, 2.05) is 7.05 Å². The Labute approximate surface area is 81.3 Å². The highest BCUT2D eigenvalue weighted by Gasteiger charge is 2.09. The maximum absolute atomic E-state index is 11.0. The van der Waals surface area contributed by atoms with E-state index in [0.717, 1.165) is 32.4 Å². The summed E-state index contributed by atoms with van der Waals surface area (Å²) in [6.07, 6.45) is 3.22. The quantitative estimate of drug-likeness (QED) is 0.554. The SMILES string of the molecule is CCNCCCCC(NC)C(C)=O. The van der Waals surface area contributed by atoms with Crippen LogP contribution in [-0.2, 0) is 4.79 Å². The maximum Gasteiger partial charge on any atom is 0.146 e. The van der Waals surface area contributed by atoms with E-state index in [1.54, 1.807) is 6.92 Å². The lowest BCUT2D eigenvalue weighted by molar-refractivity contribution is -0.119. The molecule has 0 aliphatic rings. The van der Waals surface area contributed by atoms with Gasteiger partial charge in [0.15, 0.2) is 0 Å². The molecule has 0 radical (unpaired) electrons. The van der Waals surface area contributed by atoms with Crippen LogP contribution in [0.15, 0.2) is 0 Å². The fourth-order valence-corrected chi connectivity index (χ4v) is 1.33. The van der Waals surface area contributed by atoms with Crippen molar-refractivity contribution < 1.29 is 4.79 Å². The van der Waals surface area contributed by atoms with Gasteiger partial charge in [-0.05, 0) is 39.9 Å². The molecule has 0 saturated carbocycles. The normalized spacial score (nSPS) is 12.8. The Balaban J connectivity index is 3.33. The van der Waals surface area contributed by atoms with E-state index < -0.39 is 0 Å². The number of carbonyl (C=O) groups excluding carboxylic acids is 1. The van der Waals surface area contributed by atoms with Crippen LogP contribution in [0.1, 0.15) is 33.1 Å². The summed E-state index contributed by atoms with van der Waals surface area (Å²) in [5.74, 6) is 0.242. The molecule has 13 heavy (non-hydrogen) atoms. The van der Waals surface area contributed by atoms with Crippen molar-refractivity contribution in [2.75, 3.05) is 20.1 Å². The molecular formula is C10H22N2O. The number of hydrogen-bond donors (Lipinski definition) is 2. The maximum atomic E-state index is 11.0. The summed E-state index contributed by atoms with van der Waals surface area (Å²) in [6, 6.07) is 0.0571. The zero-order valence-electron chi connectivity index (χ0n) is 9.02. The Morgan fingerprint density at radius 2 is 2.08 bits per heavy atom. The van der Waals surface area contributed by atoms with Gasteiger partial charge in [0.25, 0.3) is 0 Å². The average Bonchev–Trinajstić information content (AvgIpc) is 2.10. The van der Waals surface area contributed by atoms with Crippen LogP contribution in [0.3, 0.4) is 0 Å². The Kier molecular flexibility index (Phi) is 7.94. The highest BCUT2D eigenvalue weighted by atomic mass is 16.1. The molecule has 2 N–H and O–H groups in total. The fourth-order valence-electron chi connectivity index (χ4n) is 1.33. The van der Waals surface area contributed by atoms with Crippen molar-refractivity contribution in [2.45, 2.75) is 39.2 Å². The van der Waals surface area contributed by atoms with E-state index in [1.165, 1.54) is 0 Å². The van der Waals surface area contributed by atoms with Crippen LogP contribution in [0, 0.1) is 0 Å². The van der Waals surface area contributed by atoms with Crippen LogP contribution < -0.4 is 10.6 Å². The number of hydrogen-bond acceptors (Lipinski definition) is 3. The van der Waals surface area contributed by atoms with Crippen LogP contribution in [0.2, 0.25) is 0 Å². The summed E-state index contributed by atoms with van der Waals surface area (Å²) < 4.78 is 0. The zero-order valence-corrected chi connectivity index (χ0v) is 9.02. The summed E-state index contributed by atoms with van der Waals surface area (Å²) in [7, 11) is 1.84. The molecule has 0 aliphatic heterocycles. The first-order valence-electron chi connectivity index (χ1n) is 5.10. The third kappa shape index (κ3) is 6.72. The van der Waals surface area contributed by atoms with Crippen molar-refractivity contribution in [3.63, 3.8) is 0 Å². The molecule has 0 aromatic rings. The Morgan fingerprint density at radius 1 is 1.38 bits per heavy atom. The number of carbonyl (C=O) groups is 1. The predicted molar refractivity (Wildman–Crippen MR) is 55.9 cm³/mol. The van der Waals surface area contributed by atoms with Crippen LogP contribution in [0.25, 0.3) is 0 Å². The van der Waals surface area contributed by atoms with Gasteiger partial charge in [-0.3, -0.25) is 4.79 Å². The number of unbranched alkanes of at least 4 members (excludes halogenated alkanes) is 1. The summed E-state index contributed by atoms with van der Waals surface area (Å²) in [5, 5.41) is 6.29. The molecule has 3 heteroatoms. The van der Waals surface area contributed by atoms with Crippen LogP contribution in [0.5, 0.6) is 0 Å². The molecule has 0 saturated heterocycles. The molecule has 0 bridgehead atoms. The van der Waals surface area contributed by atoms with Gasteiger partial charge in [0.1, 0.15) is 5.78 Å². The number of rotatable bonds is 8. The molecule has 0 aliphatic carbocycles. The van der Waals surface area contributed by atoms with Gasteiger partial charge < -0.3 is 10.6 Å². The topological polar surface area (TPSA) is 41.1 Å². The van der Waals surface area contributed by atoms with E-state index in [4.69, 9.17) is 0 Å². The first-order valence-corrected chi connectivity index (χ1v) is 5.10. The number of likely N-dealkylation sites (N-methyl/N-ethyl adjacent to an activating group) is 1. The minimum Gasteiger partial charge on any atom is -0.317 e. The first-order chi connectivity index (χ1) is 6.22. The minimum atomic E-state index is 0.0571. The Hall–Kier alpha value is -0.410. The zero-order chi connectivity index (χ0) is 10.1. The van der Waals surface area contributed by atoms with E-state index in [2.05, 4.69) is 17.6 Å². The Morgan fingerprint density at radius 3 is 2.54 bits per heavy atom. The number of nitrogens with one attached hydrogen (secondary N) is 2. The van der Waals surface area contributed by atoms with Crippen molar-refractivity contribution >= 4 is 5.78 Å². The van der Waals surface area contributed by atoms with Crippen molar-refractivity contribution in [3.8, 4) is 0 Å². The van der Waals surface area contributed by atoms with E-state index in [-0.39, 0.29) is 11.8 Å². The summed E-state index contributed by atoms with van der Waals surface area (Å²) in [6.45, 7) is 5.84. The predicted octanol–water partition coefficient (Wildman–Crippen LogP) is 0.943. The summed E-state index contributed by atoms with van der Waals surface area (Å²) >= 11 is 0. The third-order valence-electron chi connectivity index (χ3n) is 2.19. The molecule has 0 fully saturated rings. The number of ketones is 1. The van der Waals surface area contributed by atoms with Crippen LogP contribution in [-0.4, -0.2) is 32.0 Å². The third-order valence-corrected chi connectivity index (χ3v) is 2.19. The molecule has 1 atom stereocenters. The molecule has 0 amide bonds. The van der Waals surface area contributed by atoms with Crippen molar-refractivity contribution in [3.05, 3.63) is 0 Å². The van der Waals surface area contributed by atoms with Gasteiger partial charge >= 0.3 is 0 Å². The number of Topliss-reactive ketones (excluding diaryl/α,β-unsaturated/α-hetero) is 1. The van der Waals surface area contributed by atoms with E-state index in [9.17, 15) is 4.79 Å². The van der Waals surface area contributed by atoms with E-state index in [0.29, 0.717) is 0 Å². The molecule has 0 aromatic carbocycles. The van der Waals surface area contributed by atoms with Crippen molar-refractivity contribution in [1.82, 2.24) is 10.6 Å². The summed E-state index contributed by atoms with van der Waals surface area (Å²) in [4.78, 5) is 11.0. The molecule has 1 unspecified atom stereocenters. The molecule has 0 rings (SSSR count). The summed E-state index contributed by atoms with van der Waals surface area (Å²) in [5.41, 5.74) is 0. The van der Waals surface area contributed by atoms with Crippen LogP contribution >= 0.6 is 0 Å². The average molecular weight is 186 g/mol. The van der Waals surface area contributed by atoms with Gasteiger partial charge in [0, 0.05) is 0 Å². The second-order valence-electron chi connectivity index (χ2n) is 3.30. The molecule has 0 heterocycles. The van der Waals surface area contributed by atoms with E-state index >= 15 is 0 Å². The highest BCUT2D eigenvalue weighted by molar-refractivity contribution is 5.81. The molecule has 0 aromatic heterocycles. The largest absolute Gasteiger partial charge is 0.317 e. The fraction of sp³-hybridized carbons (Fsp3) is 0.900. The lowest BCUT2D eigenvalue weighted by Gasteiger charge is -2.11. The second kappa shape index (κ2) is 8.20. The van der Waals surface area contributed by atoms with Gasteiger partial charge in [-0.15, -0.1) is 0 Å². The van der Waals surface area contributed by atoms with Gasteiger partial charge in [-0.2, -0.15) is 0 Å². The molecule has 78 valence electrons. The van der Waals surface area contributed by atoms with Crippen molar-refractivity contribution in [1.29, 1.82) is 0 Å². The standard InChI is InChI=1S/C10H22N2O/c1-4-12-8-6-5-7-10(11-3)9(2)13/h10-12H,4-8H2,1-3H3. The lowest BCUT2D eigenvalue weighted by atomic mass is 10.1. The first kappa shape index (κ1) is 12.6. The van der Waals surface area contributed by atoms with Crippen LogP contribution in [0.4, 0.5) is 0 Å².